The van der Waals surface area contributed by atoms with Crippen LogP contribution in [0.2, 0.25) is 0 Å². The van der Waals surface area contributed by atoms with Crippen molar-refractivity contribution in [1.82, 2.24) is 0 Å². The van der Waals surface area contributed by atoms with Gasteiger partial charge in [-0.25, -0.2) is 0 Å². The molecule has 3 N–H and O–H groups in total. The normalized spacial score (nSPS) is 16.3. The first-order valence-electron chi connectivity index (χ1n) is 8.14. The van der Waals surface area contributed by atoms with Gasteiger partial charge in [-0.2, -0.15) is 0 Å². The van der Waals surface area contributed by atoms with E-state index in [4.69, 9.17) is 15.2 Å². The Morgan fingerprint density at radius 3 is 2.39 bits per heavy atom. The molecule has 0 amide bonds. The summed E-state index contributed by atoms with van der Waals surface area (Å²) in [6.07, 6.45) is 0.391. The second-order valence-electron chi connectivity index (χ2n) is 6.26. The highest BCUT2D eigenvalue weighted by atomic mass is 16.5. The van der Waals surface area contributed by atoms with Crippen LogP contribution in [0.15, 0.2) is 18.2 Å². The van der Waals surface area contributed by atoms with Gasteiger partial charge in [0.1, 0.15) is 17.0 Å². The maximum absolute atomic E-state index is 11.2. The van der Waals surface area contributed by atoms with Crippen LogP contribution in [-0.4, -0.2) is 29.8 Å². The molecule has 3 atom stereocenters. The van der Waals surface area contributed by atoms with E-state index in [0.29, 0.717) is 19.6 Å². The van der Waals surface area contributed by atoms with E-state index in [9.17, 15) is 9.90 Å². The maximum atomic E-state index is 11.2. The average molecular weight is 323 g/mol. The van der Waals surface area contributed by atoms with Gasteiger partial charge in [-0.15, -0.1) is 0 Å². The van der Waals surface area contributed by atoms with Crippen LogP contribution < -0.4 is 15.2 Å². The highest BCUT2D eigenvalue weighted by molar-refractivity contribution is 5.77. The Morgan fingerprint density at radius 1 is 1.26 bits per heavy atom. The maximum Gasteiger partial charge on any atom is 0.323 e. The molecule has 3 unspecified atom stereocenters. The van der Waals surface area contributed by atoms with Gasteiger partial charge in [0, 0.05) is 6.07 Å². The first-order chi connectivity index (χ1) is 10.7. The lowest BCUT2D eigenvalue weighted by Crippen LogP contribution is -2.46. The second-order valence-corrected chi connectivity index (χ2v) is 6.26. The topological polar surface area (TPSA) is 81.8 Å². The van der Waals surface area contributed by atoms with Gasteiger partial charge in [-0.3, -0.25) is 4.79 Å². The standard InChI is InChI=1S/C18H29NO4/c1-6-22-14-8-9-15(16(10-14)23-7-2)13(4)12(3)11-18(5,19)17(20)21/h8-10,12-13H,6-7,11,19H2,1-5H3,(H,20,21). The molecule has 0 aromatic heterocycles. The zero-order chi connectivity index (χ0) is 17.6. The molecule has 1 aromatic rings. The van der Waals surface area contributed by atoms with E-state index in [1.54, 1.807) is 6.92 Å². The number of hydrogen-bond donors (Lipinski definition) is 2. The Kier molecular flexibility index (Phi) is 6.88. The van der Waals surface area contributed by atoms with Gasteiger partial charge in [-0.05, 0) is 50.7 Å². The van der Waals surface area contributed by atoms with Gasteiger partial charge in [0.15, 0.2) is 0 Å². The van der Waals surface area contributed by atoms with Crippen molar-refractivity contribution in [2.24, 2.45) is 11.7 Å². The first-order valence-corrected chi connectivity index (χ1v) is 8.14. The Labute approximate surface area is 138 Å². The van der Waals surface area contributed by atoms with E-state index in [-0.39, 0.29) is 11.8 Å². The zero-order valence-electron chi connectivity index (χ0n) is 14.8. The molecule has 1 aromatic carbocycles. The lowest BCUT2D eigenvalue weighted by Gasteiger charge is -2.28. The Hall–Kier alpha value is -1.75. The molecule has 0 aliphatic carbocycles. The minimum Gasteiger partial charge on any atom is -0.494 e. The van der Waals surface area contributed by atoms with Crippen LogP contribution in [0.5, 0.6) is 11.5 Å². The summed E-state index contributed by atoms with van der Waals surface area (Å²) in [6.45, 7) is 10.7. The van der Waals surface area contributed by atoms with Gasteiger partial charge in [0.25, 0.3) is 0 Å². The SMILES string of the molecule is CCOc1ccc(C(C)C(C)CC(C)(N)C(=O)O)c(OCC)c1. The third kappa shape index (κ3) is 5.13. The summed E-state index contributed by atoms with van der Waals surface area (Å²) in [7, 11) is 0. The van der Waals surface area contributed by atoms with Crippen molar-refractivity contribution < 1.29 is 19.4 Å². The van der Waals surface area contributed by atoms with E-state index in [1.807, 2.05) is 39.0 Å². The predicted octanol–water partition coefficient (Wildman–Crippen LogP) is 3.42. The third-order valence-corrected chi connectivity index (χ3v) is 4.17. The molecule has 0 saturated heterocycles. The largest absolute Gasteiger partial charge is 0.494 e. The number of hydrogen-bond acceptors (Lipinski definition) is 4. The number of carboxylic acids is 1. The van der Waals surface area contributed by atoms with E-state index < -0.39 is 11.5 Å². The van der Waals surface area contributed by atoms with Crippen molar-refractivity contribution in [3.8, 4) is 11.5 Å². The predicted molar refractivity (Wildman–Crippen MR) is 91.2 cm³/mol. The molecule has 130 valence electrons. The van der Waals surface area contributed by atoms with Crippen molar-refractivity contribution in [3.63, 3.8) is 0 Å². The molecular formula is C18H29NO4. The van der Waals surface area contributed by atoms with E-state index >= 15 is 0 Å². The number of benzene rings is 1. The molecule has 0 radical (unpaired) electrons. The van der Waals surface area contributed by atoms with Crippen LogP contribution in [0, 0.1) is 5.92 Å². The van der Waals surface area contributed by atoms with Crippen LogP contribution in [0.1, 0.15) is 52.5 Å². The van der Waals surface area contributed by atoms with Crippen molar-refractivity contribution in [2.45, 2.75) is 52.5 Å². The lowest BCUT2D eigenvalue weighted by atomic mass is 9.80. The summed E-state index contributed by atoms with van der Waals surface area (Å²) in [5, 5.41) is 9.21. The molecule has 1 rings (SSSR count). The quantitative estimate of drug-likeness (QED) is 0.727. The van der Waals surface area contributed by atoms with Crippen LogP contribution in [0.3, 0.4) is 0 Å². The number of carboxylic acid groups (broad SMARTS) is 1. The number of aliphatic carboxylic acids is 1. The summed E-state index contributed by atoms with van der Waals surface area (Å²) >= 11 is 0. The average Bonchev–Trinajstić information content (AvgIpc) is 2.47. The molecule has 0 aliphatic rings. The number of ether oxygens (including phenoxy) is 2. The molecule has 0 bridgehead atoms. The van der Waals surface area contributed by atoms with Crippen LogP contribution in [0.25, 0.3) is 0 Å². The van der Waals surface area contributed by atoms with Gasteiger partial charge < -0.3 is 20.3 Å². The molecule has 0 heterocycles. The molecule has 0 fully saturated rings. The monoisotopic (exact) mass is 323 g/mol. The van der Waals surface area contributed by atoms with Gasteiger partial charge >= 0.3 is 5.97 Å². The summed E-state index contributed by atoms with van der Waals surface area (Å²) in [5.74, 6) is 0.793. The van der Waals surface area contributed by atoms with Crippen LogP contribution >= 0.6 is 0 Å². The highest BCUT2D eigenvalue weighted by Gasteiger charge is 2.32. The van der Waals surface area contributed by atoms with Gasteiger partial charge in [0.05, 0.1) is 13.2 Å². The van der Waals surface area contributed by atoms with E-state index in [2.05, 4.69) is 6.92 Å². The molecule has 5 heteroatoms. The minimum absolute atomic E-state index is 0.0956. The smallest absolute Gasteiger partial charge is 0.323 e. The molecule has 0 saturated carbocycles. The summed E-state index contributed by atoms with van der Waals surface area (Å²) in [6, 6.07) is 5.81. The number of nitrogens with two attached hydrogens (primary N) is 1. The fraction of sp³-hybridized carbons (Fsp3) is 0.611. The van der Waals surface area contributed by atoms with Crippen molar-refractivity contribution in [3.05, 3.63) is 23.8 Å². The zero-order valence-corrected chi connectivity index (χ0v) is 14.8. The summed E-state index contributed by atoms with van der Waals surface area (Å²) in [5.41, 5.74) is 5.70. The minimum atomic E-state index is -1.23. The van der Waals surface area contributed by atoms with Gasteiger partial charge in [-0.1, -0.05) is 19.9 Å². The summed E-state index contributed by atoms with van der Waals surface area (Å²) in [4.78, 5) is 11.2. The molecule has 23 heavy (non-hydrogen) atoms. The fourth-order valence-corrected chi connectivity index (χ4v) is 2.67. The molecule has 0 aliphatic heterocycles. The molecule has 5 nitrogen and oxygen atoms in total. The van der Waals surface area contributed by atoms with Crippen LogP contribution in [-0.2, 0) is 4.79 Å². The van der Waals surface area contributed by atoms with Crippen molar-refractivity contribution in [2.75, 3.05) is 13.2 Å². The number of carbonyl (C=O) groups is 1. The fourth-order valence-electron chi connectivity index (χ4n) is 2.67. The Morgan fingerprint density at radius 2 is 1.87 bits per heavy atom. The highest BCUT2D eigenvalue weighted by Crippen LogP contribution is 2.37. The lowest BCUT2D eigenvalue weighted by molar-refractivity contribution is -0.143. The number of rotatable bonds is 9. The Balaban J connectivity index is 3.01. The van der Waals surface area contributed by atoms with E-state index in [0.717, 1.165) is 17.1 Å². The first kappa shape index (κ1) is 19.3. The van der Waals surface area contributed by atoms with E-state index in [1.165, 1.54) is 0 Å². The second kappa shape index (κ2) is 8.20. The third-order valence-electron chi connectivity index (χ3n) is 4.17. The van der Waals surface area contributed by atoms with Gasteiger partial charge in [0.2, 0.25) is 0 Å². The van der Waals surface area contributed by atoms with Crippen LogP contribution in [0.4, 0.5) is 0 Å². The summed E-state index contributed by atoms with van der Waals surface area (Å²) < 4.78 is 11.3. The molecular weight excluding hydrogens is 294 g/mol. The Bertz CT molecular complexity index is 528. The van der Waals surface area contributed by atoms with Crippen molar-refractivity contribution >= 4 is 5.97 Å². The molecule has 0 spiro atoms. The van der Waals surface area contributed by atoms with Crippen molar-refractivity contribution in [1.29, 1.82) is 0 Å².